The third-order valence-corrected chi connectivity index (χ3v) is 8.24. The standard InChI is InChI=1S/C25H29N3O9.C9H17N3S/c1-25(14-2-6-16(29)7-3-14,15-4-8-17(30)9-5-15)11-10-21(32)27-19(24(36)37)13-22(33)28-18(23(34)35)12-20(26)31;1-2-3-4-5-6-12-7-9(8-13)10-11-12/h2-9,18-19,29-30H,10-13H2,1H3,(H2,26,31)(H,27,32)(H,28,33)(H,34,35)(H,36,37);7,13H,2-6,8H2,1H3. The predicted molar refractivity (Wildman–Crippen MR) is 186 cm³/mol. The second-order valence-corrected chi connectivity index (χ2v) is 12.2. The first-order valence-electron chi connectivity index (χ1n) is 16.1. The molecule has 3 rings (SSSR count). The second kappa shape index (κ2) is 20.4. The monoisotopic (exact) mass is 714 g/mol. The number of thiol groups is 1. The van der Waals surface area contributed by atoms with Crippen LogP contribution in [0, 0.1) is 0 Å². The summed E-state index contributed by atoms with van der Waals surface area (Å²) in [6.07, 6.45) is 5.65. The van der Waals surface area contributed by atoms with Gasteiger partial charge in [-0.1, -0.05) is 62.6 Å². The molecule has 16 heteroatoms. The van der Waals surface area contributed by atoms with Gasteiger partial charge in [-0.25, -0.2) is 9.59 Å². The number of nitrogens with zero attached hydrogens (tertiary/aromatic N) is 3. The van der Waals surface area contributed by atoms with Crippen LogP contribution in [-0.4, -0.2) is 77.2 Å². The molecule has 2 unspecified atom stereocenters. The molecule has 1 heterocycles. The highest BCUT2D eigenvalue weighted by molar-refractivity contribution is 7.79. The van der Waals surface area contributed by atoms with E-state index in [1.165, 1.54) is 49.9 Å². The molecule has 0 aliphatic rings. The van der Waals surface area contributed by atoms with Crippen LogP contribution in [0.2, 0.25) is 0 Å². The van der Waals surface area contributed by atoms with Gasteiger partial charge >= 0.3 is 11.9 Å². The van der Waals surface area contributed by atoms with E-state index in [4.69, 9.17) is 10.8 Å². The Hall–Kier alpha value is -5.12. The lowest BCUT2D eigenvalue weighted by molar-refractivity contribution is -0.145. The average molecular weight is 715 g/mol. The number of aromatic hydroxyl groups is 2. The van der Waals surface area contributed by atoms with Gasteiger partial charge in [-0.15, -0.1) is 5.10 Å². The Morgan fingerprint density at radius 3 is 1.82 bits per heavy atom. The number of carboxylic acid groups (broad SMARTS) is 2. The summed E-state index contributed by atoms with van der Waals surface area (Å²) >= 11 is 4.13. The number of nitrogens with one attached hydrogen (secondary N) is 2. The number of aliphatic carboxylic acids is 2. The Kier molecular flexibility index (Phi) is 16.8. The maximum absolute atomic E-state index is 12.7. The van der Waals surface area contributed by atoms with Crippen LogP contribution in [0.5, 0.6) is 11.5 Å². The number of aromatic nitrogens is 3. The van der Waals surface area contributed by atoms with Gasteiger partial charge in [0.05, 0.1) is 18.5 Å². The van der Waals surface area contributed by atoms with Crippen molar-refractivity contribution < 1.29 is 44.4 Å². The number of benzene rings is 2. The fraction of sp³-hybridized carbons (Fsp3) is 0.441. The molecule has 0 radical (unpaired) electrons. The van der Waals surface area contributed by atoms with E-state index < -0.39 is 60.0 Å². The summed E-state index contributed by atoms with van der Waals surface area (Å²) in [5.74, 6) is -4.89. The fourth-order valence-corrected chi connectivity index (χ4v) is 5.15. The number of nitrogens with two attached hydrogens (primary N) is 1. The van der Waals surface area contributed by atoms with Gasteiger partial charge in [0.15, 0.2) is 0 Å². The number of carbonyl (C=O) groups is 5. The number of phenolic OH excluding ortho intramolecular Hbond substituents is 2. The summed E-state index contributed by atoms with van der Waals surface area (Å²) in [7, 11) is 0. The topological polar surface area (TPSA) is 247 Å². The Bertz CT molecular complexity index is 1520. The lowest BCUT2D eigenvalue weighted by Crippen LogP contribution is -2.48. The maximum atomic E-state index is 12.7. The minimum absolute atomic E-state index is 0.0538. The van der Waals surface area contributed by atoms with Crippen LogP contribution in [0.1, 0.15) is 82.0 Å². The first kappa shape index (κ1) is 41.1. The zero-order chi connectivity index (χ0) is 37.3. The van der Waals surface area contributed by atoms with Crippen LogP contribution in [0.4, 0.5) is 0 Å². The molecule has 2 aromatic carbocycles. The molecule has 272 valence electrons. The van der Waals surface area contributed by atoms with Gasteiger partial charge in [-0.3, -0.25) is 19.1 Å². The van der Waals surface area contributed by atoms with Crippen LogP contribution >= 0.6 is 12.6 Å². The molecule has 0 saturated carbocycles. The number of unbranched alkanes of at least 4 members (excludes halogenated alkanes) is 3. The summed E-state index contributed by atoms with van der Waals surface area (Å²) < 4.78 is 1.90. The molecule has 50 heavy (non-hydrogen) atoms. The Labute approximate surface area is 295 Å². The summed E-state index contributed by atoms with van der Waals surface area (Å²) in [6.45, 7) is 5.06. The van der Waals surface area contributed by atoms with Crippen LogP contribution in [-0.2, 0) is 41.7 Å². The van der Waals surface area contributed by atoms with Gasteiger partial charge < -0.3 is 36.8 Å². The molecular formula is C34H46N6O9S. The summed E-state index contributed by atoms with van der Waals surface area (Å²) in [4.78, 5) is 58.7. The molecule has 0 bridgehead atoms. The van der Waals surface area contributed by atoms with Crippen molar-refractivity contribution in [3.8, 4) is 11.5 Å². The fourth-order valence-electron chi connectivity index (χ4n) is 5.00. The Morgan fingerprint density at radius 1 is 0.840 bits per heavy atom. The van der Waals surface area contributed by atoms with Crippen molar-refractivity contribution in [3.63, 3.8) is 0 Å². The van der Waals surface area contributed by atoms with E-state index in [0.29, 0.717) is 5.75 Å². The zero-order valence-electron chi connectivity index (χ0n) is 28.1. The normalized spacial score (nSPS) is 12.1. The zero-order valence-corrected chi connectivity index (χ0v) is 29.0. The van der Waals surface area contributed by atoms with Crippen LogP contribution in [0.15, 0.2) is 54.7 Å². The molecule has 15 nitrogen and oxygen atoms in total. The van der Waals surface area contributed by atoms with Crippen molar-refractivity contribution in [2.45, 2.75) is 95.0 Å². The second-order valence-electron chi connectivity index (χ2n) is 11.9. The number of hydrogen-bond donors (Lipinski definition) is 8. The number of carbonyl (C=O) groups excluding carboxylic acids is 3. The lowest BCUT2D eigenvalue weighted by atomic mass is 9.73. The first-order valence-corrected chi connectivity index (χ1v) is 16.7. The molecule has 0 aliphatic carbocycles. The van der Waals surface area contributed by atoms with E-state index in [-0.39, 0.29) is 24.3 Å². The van der Waals surface area contributed by atoms with Crippen molar-refractivity contribution >= 4 is 42.3 Å². The molecule has 1 aromatic heterocycles. The van der Waals surface area contributed by atoms with Crippen molar-refractivity contribution in [1.82, 2.24) is 25.6 Å². The van der Waals surface area contributed by atoms with Gasteiger partial charge in [-0.05, 0) is 48.2 Å². The highest BCUT2D eigenvalue weighted by Crippen LogP contribution is 2.37. The van der Waals surface area contributed by atoms with Crippen LogP contribution in [0.3, 0.4) is 0 Å². The van der Waals surface area contributed by atoms with Gasteiger partial charge in [0.25, 0.3) is 0 Å². The van der Waals surface area contributed by atoms with Gasteiger partial charge in [0.1, 0.15) is 23.6 Å². The highest BCUT2D eigenvalue weighted by atomic mass is 32.1. The number of aryl methyl sites for hydroxylation is 1. The number of primary amides is 1. The van der Waals surface area contributed by atoms with Crippen LogP contribution in [0.25, 0.3) is 0 Å². The van der Waals surface area contributed by atoms with E-state index in [2.05, 4.69) is 35.2 Å². The smallest absolute Gasteiger partial charge is 0.326 e. The van der Waals surface area contributed by atoms with Gasteiger partial charge in [0.2, 0.25) is 17.7 Å². The largest absolute Gasteiger partial charge is 0.508 e. The Morgan fingerprint density at radius 2 is 1.36 bits per heavy atom. The van der Waals surface area contributed by atoms with E-state index >= 15 is 0 Å². The van der Waals surface area contributed by atoms with E-state index in [1.54, 1.807) is 24.3 Å². The lowest BCUT2D eigenvalue weighted by Gasteiger charge is -2.31. The molecule has 0 fully saturated rings. The van der Waals surface area contributed by atoms with Crippen molar-refractivity contribution in [3.05, 3.63) is 71.5 Å². The number of rotatable bonds is 19. The summed E-state index contributed by atoms with van der Waals surface area (Å²) in [5.41, 5.74) is 6.66. The van der Waals surface area contributed by atoms with Crippen LogP contribution < -0.4 is 16.4 Å². The minimum atomic E-state index is -1.65. The maximum Gasteiger partial charge on any atom is 0.326 e. The molecule has 2 atom stereocenters. The molecular weight excluding hydrogens is 668 g/mol. The number of amides is 3. The number of carboxylic acids is 2. The molecule has 0 aliphatic heterocycles. The molecule has 8 N–H and O–H groups in total. The number of hydrogen-bond acceptors (Lipinski definition) is 10. The summed E-state index contributed by atoms with van der Waals surface area (Å²) in [6, 6.07) is 9.46. The predicted octanol–water partition coefficient (Wildman–Crippen LogP) is 2.88. The SMILES string of the molecule is CC(CCC(=O)NC(CC(=O)NC(CC(N)=O)C(=O)O)C(=O)O)(c1ccc(O)cc1)c1ccc(O)cc1.CCCCCCn1cc(CS)nn1. The quantitative estimate of drug-likeness (QED) is 0.0662. The number of phenols is 2. The van der Waals surface area contributed by atoms with E-state index in [1.807, 2.05) is 23.1 Å². The van der Waals surface area contributed by atoms with Gasteiger partial charge in [0, 0.05) is 30.3 Å². The minimum Gasteiger partial charge on any atom is -0.508 e. The third-order valence-electron chi connectivity index (χ3n) is 7.91. The molecule has 0 saturated heterocycles. The third kappa shape index (κ3) is 13.8. The van der Waals surface area contributed by atoms with E-state index in [9.17, 15) is 39.3 Å². The summed E-state index contributed by atoms with van der Waals surface area (Å²) in [5, 5.41) is 50.1. The molecule has 0 spiro atoms. The molecule has 3 amide bonds. The van der Waals surface area contributed by atoms with Crippen molar-refractivity contribution in [2.75, 3.05) is 0 Å². The molecule has 3 aromatic rings. The Balaban J connectivity index is 0.000000557. The van der Waals surface area contributed by atoms with Crippen molar-refractivity contribution in [2.24, 2.45) is 5.73 Å². The highest BCUT2D eigenvalue weighted by Gasteiger charge is 2.32. The van der Waals surface area contributed by atoms with Gasteiger partial charge in [-0.2, -0.15) is 12.6 Å². The van der Waals surface area contributed by atoms with E-state index in [0.717, 1.165) is 23.4 Å². The average Bonchev–Trinajstić information content (AvgIpc) is 3.54. The first-order chi connectivity index (χ1) is 23.7. The van der Waals surface area contributed by atoms with Crippen molar-refractivity contribution in [1.29, 1.82) is 0 Å².